The van der Waals surface area contributed by atoms with E-state index in [1.54, 1.807) is 12.3 Å². The lowest BCUT2D eigenvalue weighted by Gasteiger charge is -2.07. The highest BCUT2D eigenvalue weighted by atomic mass is 35.5. The Morgan fingerprint density at radius 2 is 1.94 bits per heavy atom. The fourth-order valence-electron chi connectivity index (χ4n) is 1.34. The van der Waals surface area contributed by atoms with E-state index in [0.717, 1.165) is 11.4 Å². The molecule has 0 unspecified atom stereocenters. The maximum atomic E-state index is 6.07. The van der Waals surface area contributed by atoms with Crippen molar-refractivity contribution in [1.29, 1.82) is 0 Å². The third-order valence-corrected chi connectivity index (χ3v) is 3.01. The Labute approximate surface area is 104 Å². The number of nitrogens with one attached hydrogen (secondary N) is 1. The molecule has 4 heteroatoms. The Hall–Kier alpha value is -1.25. The Morgan fingerprint density at radius 3 is 2.69 bits per heavy atom. The quantitative estimate of drug-likeness (QED) is 0.894. The van der Waals surface area contributed by atoms with Crippen molar-refractivity contribution in [3.8, 4) is 0 Å². The molecule has 0 fully saturated rings. The molecule has 2 aromatic rings. The van der Waals surface area contributed by atoms with Gasteiger partial charge in [-0.3, -0.25) is 0 Å². The monoisotopic (exact) mass is 252 g/mol. The maximum Gasteiger partial charge on any atom is 0.126 e. The van der Waals surface area contributed by atoms with Gasteiger partial charge >= 0.3 is 0 Å². The van der Waals surface area contributed by atoms with Gasteiger partial charge in [0.05, 0.1) is 10.0 Å². The number of pyridine rings is 1. The van der Waals surface area contributed by atoms with Gasteiger partial charge in [-0.25, -0.2) is 4.98 Å². The fourth-order valence-corrected chi connectivity index (χ4v) is 1.73. The van der Waals surface area contributed by atoms with Crippen LogP contribution < -0.4 is 5.32 Å². The second-order valence-corrected chi connectivity index (χ2v) is 4.07. The minimum absolute atomic E-state index is 0.571. The predicted molar refractivity (Wildman–Crippen MR) is 68.0 cm³/mol. The number of halogens is 2. The smallest absolute Gasteiger partial charge is 0.126 e. The van der Waals surface area contributed by atoms with Crippen molar-refractivity contribution < 1.29 is 0 Å². The van der Waals surface area contributed by atoms with Crippen LogP contribution in [-0.4, -0.2) is 4.98 Å². The molecule has 16 heavy (non-hydrogen) atoms. The van der Waals surface area contributed by atoms with Crippen LogP contribution in [0.1, 0.15) is 5.56 Å². The third kappa shape index (κ3) is 2.65. The first-order chi connectivity index (χ1) is 7.77. The van der Waals surface area contributed by atoms with Gasteiger partial charge in [0.25, 0.3) is 0 Å². The van der Waals surface area contributed by atoms with Crippen molar-refractivity contribution in [3.05, 3.63) is 58.2 Å². The second-order valence-electron chi connectivity index (χ2n) is 3.28. The molecule has 0 bridgehead atoms. The van der Waals surface area contributed by atoms with Crippen LogP contribution in [0.25, 0.3) is 0 Å². The number of hydrogen-bond acceptors (Lipinski definition) is 2. The summed E-state index contributed by atoms with van der Waals surface area (Å²) in [6, 6.07) is 11.3. The van der Waals surface area contributed by atoms with E-state index < -0.39 is 0 Å². The minimum atomic E-state index is 0.571. The van der Waals surface area contributed by atoms with E-state index in [0.29, 0.717) is 16.6 Å². The molecule has 0 saturated carbocycles. The lowest BCUT2D eigenvalue weighted by atomic mass is 10.2. The lowest BCUT2D eigenvalue weighted by Crippen LogP contribution is -2.01. The molecule has 0 atom stereocenters. The molecule has 0 amide bonds. The van der Waals surface area contributed by atoms with Crippen LogP contribution in [0.3, 0.4) is 0 Å². The maximum absolute atomic E-state index is 6.07. The molecule has 0 aliphatic carbocycles. The predicted octanol–water partition coefficient (Wildman–Crippen LogP) is 4.00. The summed E-state index contributed by atoms with van der Waals surface area (Å²) in [6.45, 7) is 0.608. The highest BCUT2D eigenvalue weighted by Crippen LogP contribution is 2.25. The molecule has 2 rings (SSSR count). The summed E-state index contributed by atoms with van der Waals surface area (Å²) in [4.78, 5) is 4.16. The van der Waals surface area contributed by atoms with E-state index in [-0.39, 0.29) is 0 Å². The Bertz CT molecular complexity index is 472. The average Bonchev–Trinajstić information content (AvgIpc) is 2.32. The third-order valence-electron chi connectivity index (χ3n) is 2.16. The van der Waals surface area contributed by atoms with Crippen LogP contribution >= 0.6 is 23.2 Å². The molecule has 0 saturated heterocycles. The normalized spacial score (nSPS) is 10.1. The summed E-state index contributed by atoms with van der Waals surface area (Å²) in [7, 11) is 0. The molecule has 2 nitrogen and oxygen atoms in total. The zero-order valence-corrected chi connectivity index (χ0v) is 9.96. The van der Waals surface area contributed by atoms with Gasteiger partial charge in [-0.05, 0) is 23.8 Å². The second kappa shape index (κ2) is 5.19. The van der Waals surface area contributed by atoms with E-state index in [1.807, 2.05) is 30.3 Å². The number of nitrogens with zero attached hydrogens (tertiary/aromatic N) is 1. The van der Waals surface area contributed by atoms with E-state index in [9.17, 15) is 0 Å². The van der Waals surface area contributed by atoms with E-state index >= 15 is 0 Å². The first-order valence-electron chi connectivity index (χ1n) is 4.85. The Kier molecular flexibility index (Phi) is 3.65. The van der Waals surface area contributed by atoms with Crippen molar-refractivity contribution in [2.45, 2.75) is 6.54 Å². The molecular weight excluding hydrogens is 243 g/mol. The standard InChI is InChI=1S/C12H10Cl2N2/c13-10-5-3-4-9(12(10)14)8-16-11-6-1-2-7-15-11/h1-7H,8H2,(H,15,16). The summed E-state index contributed by atoms with van der Waals surface area (Å²) in [5.74, 6) is 0.818. The fraction of sp³-hybridized carbons (Fsp3) is 0.0833. The van der Waals surface area contributed by atoms with Gasteiger partial charge in [-0.15, -0.1) is 0 Å². The molecule has 1 heterocycles. The van der Waals surface area contributed by atoms with Crippen molar-refractivity contribution in [2.75, 3.05) is 5.32 Å². The zero-order chi connectivity index (χ0) is 11.4. The number of benzene rings is 1. The summed E-state index contributed by atoms with van der Waals surface area (Å²) >= 11 is 12.0. The topological polar surface area (TPSA) is 24.9 Å². The molecule has 1 aromatic carbocycles. The van der Waals surface area contributed by atoms with E-state index in [2.05, 4.69) is 10.3 Å². The SMILES string of the molecule is Clc1cccc(CNc2ccccn2)c1Cl. The molecule has 82 valence electrons. The summed E-state index contributed by atoms with van der Waals surface area (Å²) < 4.78 is 0. The Morgan fingerprint density at radius 1 is 1.06 bits per heavy atom. The van der Waals surface area contributed by atoms with Crippen molar-refractivity contribution in [3.63, 3.8) is 0 Å². The molecule has 0 aliphatic rings. The largest absolute Gasteiger partial charge is 0.366 e. The first-order valence-corrected chi connectivity index (χ1v) is 5.61. The average molecular weight is 253 g/mol. The van der Waals surface area contributed by atoms with Gasteiger partial charge < -0.3 is 5.32 Å². The molecule has 0 radical (unpaired) electrons. The molecule has 1 N–H and O–H groups in total. The summed E-state index contributed by atoms with van der Waals surface area (Å²) in [6.07, 6.45) is 1.74. The summed E-state index contributed by atoms with van der Waals surface area (Å²) in [5.41, 5.74) is 0.958. The molecule has 1 aromatic heterocycles. The zero-order valence-electron chi connectivity index (χ0n) is 8.45. The van der Waals surface area contributed by atoms with Gasteiger partial charge in [0.15, 0.2) is 0 Å². The van der Waals surface area contributed by atoms with Crippen molar-refractivity contribution in [1.82, 2.24) is 4.98 Å². The molecule has 0 aliphatic heterocycles. The van der Waals surface area contributed by atoms with Crippen molar-refractivity contribution in [2.24, 2.45) is 0 Å². The minimum Gasteiger partial charge on any atom is -0.366 e. The van der Waals surface area contributed by atoms with Crippen LogP contribution in [0.2, 0.25) is 10.0 Å². The van der Waals surface area contributed by atoms with Crippen LogP contribution in [0.15, 0.2) is 42.6 Å². The van der Waals surface area contributed by atoms with Crippen LogP contribution in [0.4, 0.5) is 5.82 Å². The van der Waals surface area contributed by atoms with Gasteiger partial charge in [-0.1, -0.05) is 41.4 Å². The number of aromatic nitrogens is 1. The number of anilines is 1. The van der Waals surface area contributed by atoms with Gasteiger partial charge in [0.2, 0.25) is 0 Å². The molecular formula is C12H10Cl2N2. The number of hydrogen-bond donors (Lipinski definition) is 1. The van der Waals surface area contributed by atoms with E-state index in [1.165, 1.54) is 0 Å². The van der Waals surface area contributed by atoms with Gasteiger partial charge in [0, 0.05) is 12.7 Å². The van der Waals surface area contributed by atoms with Crippen LogP contribution in [0, 0.1) is 0 Å². The highest BCUT2D eigenvalue weighted by Gasteiger charge is 2.03. The molecule has 0 spiro atoms. The summed E-state index contributed by atoms with van der Waals surface area (Å²) in [5, 5.41) is 4.34. The Balaban J connectivity index is 2.08. The lowest BCUT2D eigenvalue weighted by molar-refractivity contribution is 1.11. The van der Waals surface area contributed by atoms with Crippen LogP contribution in [-0.2, 0) is 6.54 Å². The van der Waals surface area contributed by atoms with Crippen molar-refractivity contribution >= 4 is 29.0 Å². The number of rotatable bonds is 3. The van der Waals surface area contributed by atoms with E-state index in [4.69, 9.17) is 23.2 Å². The highest BCUT2D eigenvalue weighted by molar-refractivity contribution is 6.42. The first kappa shape index (κ1) is 11.2. The van der Waals surface area contributed by atoms with Crippen LogP contribution in [0.5, 0.6) is 0 Å². The van der Waals surface area contributed by atoms with Gasteiger partial charge in [0.1, 0.15) is 5.82 Å². The van der Waals surface area contributed by atoms with Gasteiger partial charge in [-0.2, -0.15) is 0 Å².